The van der Waals surface area contributed by atoms with Crippen LogP contribution in [0.3, 0.4) is 0 Å². The van der Waals surface area contributed by atoms with Gasteiger partial charge in [-0.25, -0.2) is 0 Å². The van der Waals surface area contributed by atoms with E-state index < -0.39 is 0 Å². The summed E-state index contributed by atoms with van der Waals surface area (Å²) in [7, 11) is 0. The van der Waals surface area contributed by atoms with Gasteiger partial charge in [-0.2, -0.15) is 0 Å². The van der Waals surface area contributed by atoms with Crippen LogP contribution >= 0.6 is 0 Å². The first-order valence-electron chi connectivity index (χ1n) is 5.16. The average Bonchev–Trinajstić information content (AvgIpc) is 2.68. The van der Waals surface area contributed by atoms with E-state index >= 15 is 0 Å². The summed E-state index contributed by atoms with van der Waals surface area (Å²) in [6, 6.07) is 0. The lowest BCUT2D eigenvalue weighted by atomic mass is 10.2. The number of nitrogens with one attached hydrogen (secondary N) is 1. The van der Waals surface area contributed by atoms with Crippen molar-refractivity contribution in [3.8, 4) is 0 Å². The van der Waals surface area contributed by atoms with Gasteiger partial charge in [-0.1, -0.05) is 6.92 Å². The minimum absolute atomic E-state index is 0.225. The fourth-order valence-corrected chi connectivity index (χ4v) is 1.84. The smallest absolute Gasteiger partial charge is 0.223 e. The number of rotatable bonds is 3. The van der Waals surface area contributed by atoms with Crippen LogP contribution < -0.4 is 5.32 Å². The Morgan fingerprint density at radius 2 is 2.38 bits per heavy atom. The summed E-state index contributed by atoms with van der Waals surface area (Å²) in [5.74, 6) is 1.12. The second-order valence-corrected chi connectivity index (χ2v) is 4.20. The molecule has 0 aromatic carbocycles. The number of carbonyl (C=O) groups is 1. The third-order valence-electron chi connectivity index (χ3n) is 2.97. The van der Waals surface area contributed by atoms with Crippen LogP contribution in [-0.4, -0.2) is 25.2 Å². The highest BCUT2D eigenvalue weighted by atomic mass is 16.5. The van der Waals surface area contributed by atoms with Gasteiger partial charge in [-0.05, 0) is 25.2 Å². The Hall–Kier alpha value is -0.570. The second kappa shape index (κ2) is 3.66. The van der Waals surface area contributed by atoms with Crippen molar-refractivity contribution in [2.75, 3.05) is 13.2 Å². The SMILES string of the molecule is CC1CC1C(=O)NCC1CCCO1. The van der Waals surface area contributed by atoms with E-state index in [4.69, 9.17) is 4.74 Å². The molecule has 1 aliphatic heterocycles. The highest BCUT2D eigenvalue weighted by Gasteiger charge is 2.39. The molecule has 2 aliphatic rings. The summed E-state index contributed by atoms with van der Waals surface area (Å²) < 4.78 is 5.42. The van der Waals surface area contributed by atoms with E-state index in [0.717, 1.165) is 25.9 Å². The van der Waals surface area contributed by atoms with Crippen molar-refractivity contribution in [3.05, 3.63) is 0 Å². The van der Waals surface area contributed by atoms with E-state index in [-0.39, 0.29) is 12.0 Å². The first-order chi connectivity index (χ1) is 6.27. The summed E-state index contributed by atoms with van der Waals surface area (Å²) in [4.78, 5) is 11.4. The highest BCUT2D eigenvalue weighted by molar-refractivity contribution is 5.81. The monoisotopic (exact) mass is 183 g/mol. The van der Waals surface area contributed by atoms with Gasteiger partial charge in [0.1, 0.15) is 0 Å². The summed E-state index contributed by atoms with van der Waals surface area (Å²) in [5, 5.41) is 2.95. The van der Waals surface area contributed by atoms with E-state index in [1.165, 1.54) is 0 Å². The van der Waals surface area contributed by atoms with Crippen LogP contribution in [0.1, 0.15) is 26.2 Å². The Morgan fingerprint density at radius 1 is 1.62 bits per heavy atom. The van der Waals surface area contributed by atoms with Gasteiger partial charge >= 0.3 is 0 Å². The maximum absolute atomic E-state index is 11.4. The Labute approximate surface area is 78.8 Å². The molecule has 3 unspecified atom stereocenters. The van der Waals surface area contributed by atoms with E-state index in [2.05, 4.69) is 12.2 Å². The van der Waals surface area contributed by atoms with Crippen molar-refractivity contribution < 1.29 is 9.53 Å². The van der Waals surface area contributed by atoms with Crippen LogP contribution in [0.15, 0.2) is 0 Å². The molecule has 1 aliphatic carbocycles. The van der Waals surface area contributed by atoms with Crippen LogP contribution in [0.4, 0.5) is 0 Å². The molecule has 3 heteroatoms. The summed E-state index contributed by atoms with van der Waals surface area (Å²) in [6.07, 6.45) is 3.58. The van der Waals surface area contributed by atoms with E-state index in [0.29, 0.717) is 18.4 Å². The molecule has 2 rings (SSSR count). The number of carbonyl (C=O) groups excluding carboxylic acids is 1. The molecule has 0 bridgehead atoms. The van der Waals surface area contributed by atoms with Crippen molar-refractivity contribution in [3.63, 3.8) is 0 Å². The maximum atomic E-state index is 11.4. The largest absolute Gasteiger partial charge is 0.376 e. The van der Waals surface area contributed by atoms with E-state index in [9.17, 15) is 4.79 Å². The lowest BCUT2D eigenvalue weighted by molar-refractivity contribution is -0.123. The van der Waals surface area contributed by atoms with Crippen molar-refractivity contribution >= 4 is 5.91 Å². The van der Waals surface area contributed by atoms with Gasteiger partial charge in [-0.3, -0.25) is 4.79 Å². The van der Waals surface area contributed by atoms with Crippen molar-refractivity contribution in [2.24, 2.45) is 11.8 Å². The normalized spacial score (nSPS) is 37.5. The zero-order valence-electron chi connectivity index (χ0n) is 8.08. The first kappa shape index (κ1) is 9.00. The number of hydrogen-bond acceptors (Lipinski definition) is 2. The third kappa shape index (κ3) is 2.21. The molecule has 0 aromatic heterocycles. The van der Waals surface area contributed by atoms with Crippen LogP contribution in [0.2, 0.25) is 0 Å². The first-order valence-corrected chi connectivity index (χ1v) is 5.16. The average molecular weight is 183 g/mol. The fraction of sp³-hybridized carbons (Fsp3) is 0.900. The predicted octanol–water partition coefficient (Wildman–Crippen LogP) is 0.938. The molecule has 0 spiro atoms. The molecule has 0 radical (unpaired) electrons. The molecular weight excluding hydrogens is 166 g/mol. The van der Waals surface area contributed by atoms with Gasteiger partial charge in [0.05, 0.1) is 6.10 Å². The molecule has 3 atom stereocenters. The van der Waals surface area contributed by atoms with Crippen molar-refractivity contribution in [1.29, 1.82) is 0 Å². The standard InChI is InChI=1S/C10H17NO2/c1-7-5-9(7)10(12)11-6-8-3-2-4-13-8/h7-9H,2-6H2,1H3,(H,11,12). The molecule has 2 fully saturated rings. The number of ether oxygens (including phenoxy) is 1. The van der Waals surface area contributed by atoms with Crippen LogP contribution in [0.25, 0.3) is 0 Å². The van der Waals surface area contributed by atoms with Crippen LogP contribution in [-0.2, 0) is 9.53 Å². The van der Waals surface area contributed by atoms with E-state index in [1.54, 1.807) is 0 Å². The molecular formula is C10H17NO2. The molecule has 1 amide bonds. The molecule has 74 valence electrons. The van der Waals surface area contributed by atoms with Gasteiger partial charge < -0.3 is 10.1 Å². The Morgan fingerprint density at radius 3 is 2.92 bits per heavy atom. The maximum Gasteiger partial charge on any atom is 0.223 e. The number of hydrogen-bond donors (Lipinski definition) is 1. The Balaban J connectivity index is 1.64. The number of amides is 1. The van der Waals surface area contributed by atoms with Crippen molar-refractivity contribution in [2.45, 2.75) is 32.3 Å². The molecule has 1 heterocycles. The second-order valence-electron chi connectivity index (χ2n) is 4.20. The lowest BCUT2D eigenvalue weighted by Crippen LogP contribution is -2.33. The molecule has 13 heavy (non-hydrogen) atoms. The predicted molar refractivity (Wildman–Crippen MR) is 49.3 cm³/mol. The fourth-order valence-electron chi connectivity index (χ4n) is 1.84. The molecule has 1 saturated heterocycles. The lowest BCUT2D eigenvalue weighted by Gasteiger charge is -2.10. The summed E-state index contributed by atoms with van der Waals surface area (Å²) >= 11 is 0. The highest BCUT2D eigenvalue weighted by Crippen LogP contribution is 2.37. The minimum atomic E-state index is 0.225. The zero-order chi connectivity index (χ0) is 9.26. The van der Waals surface area contributed by atoms with Gasteiger partial charge in [0.25, 0.3) is 0 Å². The molecule has 1 saturated carbocycles. The molecule has 0 aromatic rings. The minimum Gasteiger partial charge on any atom is -0.376 e. The topological polar surface area (TPSA) is 38.3 Å². The molecule has 1 N–H and O–H groups in total. The van der Waals surface area contributed by atoms with Gasteiger partial charge in [0, 0.05) is 19.1 Å². The third-order valence-corrected chi connectivity index (χ3v) is 2.97. The zero-order valence-corrected chi connectivity index (χ0v) is 8.08. The Bertz CT molecular complexity index is 199. The quantitative estimate of drug-likeness (QED) is 0.707. The van der Waals surface area contributed by atoms with Gasteiger partial charge in [0.15, 0.2) is 0 Å². The Kier molecular flexibility index (Phi) is 2.54. The molecule has 3 nitrogen and oxygen atoms in total. The van der Waals surface area contributed by atoms with Crippen LogP contribution in [0, 0.1) is 11.8 Å². The summed E-state index contributed by atoms with van der Waals surface area (Å²) in [6.45, 7) is 3.69. The summed E-state index contributed by atoms with van der Waals surface area (Å²) in [5.41, 5.74) is 0. The van der Waals surface area contributed by atoms with Crippen LogP contribution in [0.5, 0.6) is 0 Å². The van der Waals surface area contributed by atoms with Gasteiger partial charge in [-0.15, -0.1) is 0 Å². The van der Waals surface area contributed by atoms with Crippen molar-refractivity contribution in [1.82, 2.24) is 5.32 Å². The van der Waals surface area contributed by atoms with E-state index in [1.807, 2.05) is 0 Å². The van der Waals surface area contributed by atoms with Gasteiger partial charge in [0.2, 0.25) is 5.91 Å².